The molecular weight excluding hydrogens is 427 g/mol. The molecule has 11 heteroatoms. The van der Waals surface area contributed by atoms with Crippen LogP contribution in [0.25, 0.3) is 5.78 Å². The number of fused-ring (bicyclic) bond motifs is 1. The summed E-state index contributed by atoms with van der Waals surface area (Å²) >= 11 is 0. The summed E-state index contributed by atoms with van der Waals surface area (Å²) in [5.74, 6) is -2.27. The van der Waals surface area contributed by atoms with Crippen LogP contribution in [-0.4, -0.2) is 50.0 Å². The first-order valence-electron chi connectivity index (χ1n) is 9.78. The van der Waals surface area contributed by atoms with E-state index < -0.39 is 18.0 Å². The maximum absolute atomic E-state index is 13.0. The largest absolute Gasteiger partial charge is 0.468 e. The fourth-order valence-corrected chi connectivity index (χ4v) is 3.34. The van der Waals surface area contributed by atoms with Crippen molar-refractivity contribution in [3.05, 3.63) is 58.7 Å². The molecule has 0 unspecified atom stereocenters. The molecule has 0 aliphatic carbocycles. The number of hydrogen-bond acceptors (Lipinski definition) is 6. The van der Waals surface area contributed by atoms with Crippen LogP contribution in [-0.2, 0) is 33.5 Å². The molecule has 3 aromatic rings. The molecule has 32 heavy (non-hydrogen) atoms. The van der Waals surface area contributed by atoms with Crippen LogP contribution in [0.5, 0.6) is 0 Å². The second-order valence-electron chi connectivity index (χ2n) is 7.22. The molecule has 8 nitrogen and oxygen atoms in total. The molecular formula is C21H22F3N5O3. The number of carbonyl (C=O) groups excluding carboxylic acids is 2. The second-order valence-corrected chi connectivity index (χ2v) is 7.22. The Hall–Kier alpha value is -3.50. The van der Waals surface area contributed by atoms with Crippen molar-refractivity contribution in [3.8, 4) is 0 Å². The smallest absolute Gasteiger partial charge is 0.453 e. The van der Waals surface area contributed by atoms with Crippen molar-refractivity contribution in [1.29, 1.82) is 0 Å². The number of ether oxygens (including phenoxy) is 1. The minimum Gasteiger partial charge on any atom is -0.468 e. The van der Waals surface area contributed by atoms with Gasteiger partial charge >= 0.3 is 12.1 Å². The number of hydrogen-bond donors (Lipinski definition) is 0. The van der Waals surface area contributed by atoms with E-state index in [0.29, 0.717) is 17.0 Å². The van der Waals surface area contributed by atoms with Crippen LogP contribution >= 0.6 is 0 Å². The molecule has 0 fully saturated rings. The average Bonchev–Trinajstić information content (AvgIpc) is 3.18. The Morgan fingerprint density at radius 1 is 1.12 bits per heavy atom. The van der Waals surface area contributed by atoms with Crippen LogP contribution in [0.15, 0.2) is 30.3 Å². The van der Waals surface area contributed by atoms with Crippen molar-refractivity contribution >= 4 is 17.7 Å². The predicted molar refractivity (Wildman–Crippen MR) is 107 cm³/mol. The molecule has 0 atom stereocenters. The number of methoxy groups -OCH3 is 1. The number of carbonyl (C=O) groups is 2. The zero-order valence-corrected chi connectivity index (χ0v) is 17.8. The third-order valence-corrected chi connectivity index (χ3v) is 5.01. The highest BCUT2D eigenvalue weighted by atomic mass is 19.4. The van der Waals surface area contributed by atoms with Gasteiger partial charge in [-0.2, -0.15) is 18.2 Å². The van der Waals surface area contributed by atoms with E-state index in [2.05, 4.69) is 15.1 Å². The van der Waals surface area contributed by atoms with Crippen molar-refractivity contribution in [2.24, 2.45) is 0 Å². The number of esters is 1. The van der Waals surface area contributed by atoms with E-state index in [9.17, 15) is 22.8 Å². The lowest BCUT2D eigenvalue weighted by Gasteiger charge is -2.22. The van der Waals surface area contributed by atoms with Gasteiger partial charge in [0.15, 0.2) is 0 Å². The molecule has 2 heterocycles. The van der Waals surface area contributed by atoms with Gasteiger partial charge in [-0.1, -0.05) is 30.3 Å². The molecule has 0 saturated carbocycles. The van der Waals surface area contributed by atoms with Crippen LogP contribution < -0.4 is 0 Å². The monoisotopic (exact) mass is 449 g/mol. The van der Waals surface area contributed by atoms with Crippen LogP contribution in [0.1, 0.15) is 34.8 Å². The first-order chi connectivity index (χ1) is 15.1. The lowest BCUT2D eigenvalue weighted by Crippen LogP contribution is -2.36. The fraction of sp³-hybridized carbons (Fsp3) is 0.381. The number of aryl methyl sites for hydroxylation is 2. The van der Waals surface area contributed by atoms with Gasteiger partial charge in [0.05, 0.1) is 7.11 Å². The van der Waals surface area contributed by atoms with Gasteiger partial charge in [0, 0.05) is 24.4 Å². The zero-order valence-electron chi connectivity index (χ0n) is 17.8. The Kier molecular flexibility index (Phi) is 6.75. The van der Waals surface area contributed by atoms with Crippen LogP contribution in [0.3, 0.4) is 0 Å². The Balaban J connectivity index is 1.81. The van der Waals surface area contributed by atoms with Crippen molar-refractivity contribution in [3.63, 3.8) is 0 Å². The summed E-state index contributed by atoms with van der Waals surface area (Å²) in [6, 6.07) is 9.19. The number of alkyl halides is 3. The lowest BCUT2D eigenvalue weighted by molar-refractivity contribution is -0.147. The van der Waals surface area contributed by atoms with E-state index in [0.717, 1.165) is 10.1 Å². The molecule has 0 spiro atoms. The summed E-state index contributed by atoms with van der Waals surface area (Å²) in [5, 5.41) is 3.52. The molecule has 0 bridgehead atoms. The van der Waals surface area contributed by atoms with Crippen LogP contribution in [0.2, 0.25) is 0 Å². The molecule has 170 valence electrons. The number of aromatic nitrogens is 4. The van der Waals surface area contributed by atoms with Crippen molar-refractivity contribution in [2.45, 2.75) is 39.4 Å². The van der Waals surface area contributed by atoms with Gasteiger partial charge in [-0.15, -0.1) is 5.10 Å². The molecule has 0 N–H and O–H groups in total. The molecule has 0 aliphatic rings. The highest BCUT2D eigenvalue weighted by Crippen LogP contribution is 2.27. The van der Waals surface area contributed by atoms with Gasteiger partial charge in [-0.25, -0.2) is 9.50 Å². The highest BCUT2D eigenvalue weighted by molar-refractivity contribution is 5.82. The molecule has 0 saturated heterocycles. The minimum absolute atomic E-state index is 0.0273. The van der Waals surface area contributed by atoms with E-state index in [1.807, 2.05) is 30.3 Å². The Morgan fingerprint density at radius 2 is 1.81 bits per heavy atom. The van der Waals surface area contributed by atoms with Gasteiger partial charge in [0.25, 0.3) is 11.6 Å². The van der Waals surface area contributed by atoms with Crippen molar-refractivity contribution in [2.75, 3.05) is 13.7 Å². The van der Waals surface area contributed by atoms with Crippen molar-refractivity contribution < 1.29 is 27.5 Å². The third-order valence-electron chi connectivity index (χ3n) is 5.01. The van der Waals surface area contributed by atoms with E-state index in [1.165, 1.54) is 12.0 Å². The van der Waals surface area contributed by atoms with E-state index in [1.54, 1.807) is 13.8 Å². The molecule has 0 aliphatic heterocycles. The normalized spacial score (nSPS) is 11.6. The molecule has 1 aromatic carbocycles. The van der Waals surface area contributed by atoms with Crippen molar-refractivity contribution in [1.82, 2.24) is 24.5 Å². The Labute approximate surface area is 182 Å². The maximum atomic E-state index is 13.0. The topological polar surface area (TPSA) is 89.7 Å². The Morgan fingerprint density at radius 3 is 2.44 bits per heavy atom. The number of benzene rings is 1. The van der Waals surface area contributed by atoms with Crippen LogP contribution in [0, 0.1) is 13.8 Å². The summed E-state index contributed by atoms with van der Waals surface area (Å²) < 4.78 is 44.6. The second kappa shape index (κ2) is 9.33. The summed E-state index contributed by atoms with van der Waals surface area (Å²) in [5.41, 5.74) is 2.34. The zero-order chi connectivity index (χ0) is 23.5. The van der Waals surface area contributed by atoms with Gasteiger partial charge in [0.2, 0.25) is 5.91 Å². The Bertz CT molecular complexity index is 1130. The standard InChI is InChI=1S/C21H22F3N5O3/c1-13-16(14(2)29-20(25-13)26-19(27-29)21(22,23)24)9-10-17(30)28(12-18(31)32-3)11-15-7-5-4-6-8-15/h4-8H,9-12H2,1-3H3. The van der Waals surface area contributed by atoms with E-state index in [-0.39, 0.29) is 37.6 Å². The summed E-state index contributed by atoms with van der Waals surface area (Å²) in [6.07, 6.45) is -4.44. The van der Waals surface area contributed by atoms with Gasteiger partial charge < -0.3 is 9.64 Å². The fourth-order valence-electron chi connectivity index (χ4n) is 3.34. The maximum Gasteiger partial charge on any atom is 0.453 e. The number of rotatable bonds is 7. The lowest BCUT2D eigenvalue weighted by atomic mass is 10.1. The first-order valence-corrected chi connectivity index (χ1v) is 9.78. The van der Waals surface area contributed by atoms with Gasteiger partial charge in [-0.3, -0.25) is 9.59 Å². The predicted octanol–water partition coefficient (Wildman–Crippen LogP) is 2.89. The SMILES string of the molecule is COC(=O)CN(Cc1ccccc1)C(=O)CCc1c(C)nc2nc(C(F)(F)F)nn2c1C. The summed E-state index contributed by atoms with van der Waals surface area (Å²) in [7, 11) is 1.24. The quantitative estimate of drug-likeness (QED) is 0.516. The minimum atomic E-state index is -4.68. The molecule has 2 aromatic heterocycles. The molecule has 3 rings (SSSR count). The van der Waals surface area contributed by atoms with Gasteiger partial charge in [-0.05, 0) is 31.4 Å². The third kappa shape index (κ3) is 5.21. The summed E-state index contributed by atoms with van der Waals surface area (Å²) in [4.78, 5) is 33.6. The molecule has 0 radical (unpaired) electrons. The van der Waals surface area contributed by atoms with E-state index in [4.69, 9.17) is 4.74 Å². The first kappa shape index (κ1) is 23.2. The van der Waals surface area contributed by atoms with E-state index >= 15 is 0 Å². The number of halogens is 3. The molecule has 1 amide bonds. The highest BCUT2D eigenvalue weighted by Gasteiger charge is 2.37. The number of nitrogens with zero attached hydrogens (tertiary/aromatic N) is 5. The van der Waals surface area contributed by atoms with Crippen LogP contribution in [0.4, 0.5) is 13.2 Å². The summed E-state index contributed by atoms with van der Waals surface area (Å²) in [6.45, 7) is 3.26. The number of amides is 1. The van der Waals surface area contributed by atoms with Gasteiger partial charge in [0.1, 0.15) is 6.54 Å². The average molecular weight is 449 g/mol.